The van der Waals surface area contributed by atoms with Crippen LogP contribution in [-0.4, -0.2) is 67.3 Å². The molecule has 10 atom stereocenters. The summed E-state index contributed by atoms with van der Waals surface area (Å²) in [5.41, 5.74) is 0.281. The van der Waals surface area contributed by atoms with Gasteiger partial charge in [-0.2, -0.15) is 0 Å². The van der Waals surface area contributed by atoms with Gasteiger partial charge in [0.05, 0.1) is 23.9 Å². The van der Waals surface area contributed by atoms with Crippen molar-refractivity contribution in [2.75, 3.05) is 6.61 Å². The molecule has 0 spiro atoms. The molecule has 2 aliphatic heterocycles. The minimum atomic E-state index is -1.47. The number of ether oxygens (including phenoxy) is 7. The minimum Gasteiger partial charge on any atom is -0.463 e. The summed E-state index contributed by atoms with van der Waals surface area (Å²) in [4.78, 5) is 38.2. The number of hydrogen-bond donors (Lipinski definition) is 0. The highest BCUT2D eigenvalue weighted by molar-refractivity contribution is 5.73. The van der Waals surface area contributed by atoms with Crippen molar-refractivity contribution in [3.63, 3.8) is 0 Å². The molecule has 2 saturated heterocycles. The van der Waals surface area contributed by atoms with Gasteiger partial charge < -0.3 is 28.4 Å². The number of carbonyl (C=O) groups is 3. The molecule has 0 aromatic heterocycles. The maximum atomic E-state index is 13.0. The van der Waals surface area contributed by atoms with Gasteiger partial charge in [0, 0.05) is 5.92 Å². The summed E-state index contributed by atoms with van der Waals surface area (Å²) in [6.07, 6.45) is -3.08. The molecular weight excluding hydrogens is 544 g/mol. The Morgan fingerprint density at radius 1 is 0.810 bits per heavy atom. The van der Waals surface area contributed by atoms with Crippen LogP contribution in [0, 0.1) is 46.8 Å². The Morgan fingerprint density at radius 3 is 1.88 bits per heavy atom. The van der Waals surface area contributed by atoms with Crippen LogP contribution >= 0.6 is 0 Å². The Bertz CT molecular complexity index is 1010. The second kappa shape index (κ2) is 12.3. The average molecular weight is 597 g/mol. The van der Waals surface area contributed by atoms with Crippen molar-refractivity contribution in [1.82, 2.24) is 0 Å². The van der Waals surface area contributed by atoms with Crippen LogP contribution in [0.2, 0.25) is 0 Å². The number of rotatable bonds is 10. The standard InChI is InChI=1S/C32H52O10/c1-15(2)27(33)36-14-23-24(38-28(34)16(3)4)25(39-29(35)17(5)6)26-30(37-23)42-32(41-26,18(7)8)40-22-13-20-12-21(19(22)9)31(20,10)11/h15-26,30H,12-14H2,1-11H3/t19-,20+,21-,22-,23-,24-,25+,26-,30-,32?/m1/s1. The monoisotopic (exact) mass is 596 g/mol. The minimum absolute atomic E-state index is 0.0849. The summed E-state index contributed by atoms with van der Waals surface area (Å²) in [6, 6.07) is 0. The first-order valence-corrected chi connectivity index (χ1v) is 15.7. The van der Waals surface area contributed by atoms with E-state index in [4.69, 9.17) is 33.2 Å². The maximum absolute atomic E-state index is 13.0. The molecule has 42 heavy (non-hydrogen) atoms. The molecule has 3 aliphatic carbocycles. The van der Waals surface area contributed by atoms with E-state index >= 15 is 0 Å². The van der Waals surface area contributed by atoms with Gasteiger partial charge in [-0.3, -0.25) is 19.1 Å². The van der Waals surface area contributed by atoms with Crippen LogP contribution in [0.3, 0.4) is 0 Å². The van der Waals surface area contributed by atoms with Crippen molar-refractivity contribution in [2.24, 2.45) is 46.8 Å². The van der Waals surface area contributed by atoms with Crippen LogP contribution in [-0.2, 0) is 47.5 Å². The third-order valence-electron chi connectivity index (χ3n) is 9.79. The highest BCUT2D eigenvalue weighted by Crippen LogP contribution is 2.62. The second-order valence-corrected chi connectivity index (χ2v) is 14.5. The first-order valence-electron chi connectivity index (χ1n) is 15.7. The molecule has 1 unspecified atom stereocenters. The molecule has 0 aromatic carbocycles. The number of esters is 3. The SMILES string of the molecule is CC(C)C(=O)OC[C@H]1O[C@@H]2OC(O[C@@H]3C[C@@H]4C[C@H]([C@H]3C)C4(C)C)(C(C)C)O[C@@H]2[C@@H](OC(=O)C(C)C)[C@@H]1OC(=O)C(C)C. The van der Waals surface area contributed by atoms with Crippen molar-refractivity contribution in [2.45, 2.75) is 132 Å². The van der Waals surface area contributed by atoms with Gasteiger partial charge in [-0.1, -0.05) is 76.2 Å². The smallest absolute Gasteiger partial charge is 0.308 e. The van der Waals surface area contributed by atoms with Crippen LogP contribution in [0.4, 0.5) is 0 Å². The van der Waals surface area contributed by atoms with Gasteiger partial charge in [-0.05, 0) is 36.0 Å². The number of fused-ring (bicyclic) bond motifs is 3. The quantitative estimate of drug-likeness (QED) is 0.256. The molecule has 2 bridgehead atoms. The summed E-state index contributed by atoms with van der Waals surface area (Å²) >= 11 is 0. The molecule has 0 radical (unpaired) electrons. The Morgan fingerprint density at radius 2 is 1.38 bits per heavy atom. The van der Waals surface area contributed by atoms with Crippen LogP contribution in [0.1, 0.15) is 89.0 Å². The van der Waals surface area contributed by atoms with E-state index in [1.54, 1.807) is 41.5 Å². The zero-order chi connectivity index (χ0) is 31.3. The van der Waals surface area contributed by atoms with E-state index < -0.39 is 66.4 Å². The molecule has 5 rings (SSSR count). The topological polar surface area (TPSA) is 116 Å². The largest absolute Gasteiger partial charge is 0.463 e. The molecular formula is C32H52O10. The third-order valence-corrected chi connectivity index (χ3v) is 9.79. The predicted molar refractivity (Wildman–Crippen MR) is 151 cm³/mol. The van der Waals surface area contributed by atoms with E-state index in [0.29, 0.717) is 17.8 Å². The van der Waals surface area contributed by atoms with Crippen LogP contribution in [0.25, 0.3) is 0 Å². The van der Waals surface area contributed by atoms with Crippen LogP contribution < -0.4 is 0 Å². The number of carbonyl (C=O) groups excluding carboxylic acids is 3. The second-order valence-electron chi connectivity index (χ2n) is 14.5. The van der Waals surface area contributed by atoms with E-state index in [2.05, 4.69) is 20.8 Å². The molecule has 5 fully saturated rings. The molecule has 0 amide bonds. The third kappa shape index (κ3) is 6.24. The molecule has 3 saturated carbocycles. The zero-order valence-corrected chi connectivity index (χ0v) is 27.2. The molecule has 0 N–H and O–H groups in total. The lowest BCUT2D eigenvalue weighted by atomic mass is 9.45. The predicted octanol–water partition coefficient (Wildman–Crippen LogP) is 4.86. The lowest BCUT2D eigenvalue weighted by Crippen LogP contribution is -2.61. The highest BCUT2D eigenvalue weighted by Gasteiger charge is 2.64. The van der Waals surface area contributed by atoms with Crippen molar-refractivity contribution >= 4 is 17.9 Å². The zero-order valence-electron chi connectivity index (χ0n) is 27.2. The summed E-state index contributed by atoms with van der Waals surface area (Å²) in [5, 5.41) is 0. The van der Waals surface area contributed by atoms with Gasteiger partial charge in [0.1, 0.15) is 12.7 Å². The van der Waals surface area contributed by atoms with E-state index in [9.17, 15) is 14.4 Å². The molecule has 10 nitrogen and oxygen atoms in total. The highest BCUT2D eigenvalue weighted by atomic mass is 16.9. The lowest BCUT2D eigenvalue weighted by Gasteiger charge is -2.62. The maximum Gasteiger partial charge on any atom is 0.308 e. The van der Waals surface area contributed by atoms with Gasteiger partial charge in [0.2, 0.25) is 0 Å². The molecule has 240 valence electrons. The van der Waals surface area contributed by atoms with E-state index in [1.807, 2.05) is 13.8 Å². The number of hydrogen-bond acceptors (Lipinski definition) is 10. The summed E-state index contributed by atoms with van der Waals surface area (Å²) in [6.45, 7) is 20.9. The van der Waals surface area contributed by atoms with Gasteiger partial charge >= 0.3 is 17.9 Å². The van der Waals surface area contributed by atoms with E-state index in [-0.39, 0.29) is 30.0 Å². The summed E-state index contributed by atoms with van der Waals surface area (Å²) < 4.78 is 43.5. The Balaban J connectivity index is 1.65. The Labute approximate surface area is 250 Å². The van der Waals surface area contributed by atoms with Crippen LogP contribution in [0.15, 0.2) is 0 Å². The fraction of sp³-hybridized carbons (Fsp3) is 0.906. The first-order chi connectivity index (χ1) is 19.5. The molecule has 0 aromatic rings. The Hall–Kier alpha value is -1.75. The lowest BCUT2D eigenvalue weighted by molar-refractivity contribution is -0.403. The fourth-order valence-electron chi connectivity index (χ4n) is 6.69. The average Bonchev–Trinajstić information content (AvgIpc) is 3.28. The molecule has 5 aliphatic rings. The van der Waals surface area contributed by atoms with Gasteiger partial charge in [-0.25, -0.2) is 0 Å². The summed E-state index contributed by atoms with van der Waals surface area (Å²) in [7, 11) is 0. The van der Waals surface area contributed by atoms with Gasteiger partial charge in [0.25, 0.3) is 5.97 Å². The van der Waals surface area contributed by atoms with Crippen molar-refractivity contribution < 1.29 is 47.5 Å². The van der Waals surface area contributed by atoms with Gasteiger partial charge in [0.15, 0.2) is 24.6 Å². The fourth-order valence-corrected chi connectivity index (χ4v) is 6.69. The van der Waals surface area contributed by atoms with E-state index in [0.717, 1.165) is 6.42 Å². The Kier molecular flexibility index (Phi) is 9.73. The van der Waals surface area contributed by atoms with Crippen molar-refractivity contribution in [3.05, 3.63) is 0 Å². The normalized spacial score (nSPS) is 38.8. The van der Waals surface area contributed by atoms with Crippen molar-refractivity contribution in [1.29, 1.82) is 0 Å². The first kappa shape index (κ1) is 33.1. The van der Waals surface area contributed by atoms with E-state index in [1.165, 1.54) is 6.42 Å². The van der Waals surface area contributed by atoms with Crippen LogP contribution in [0.5, 0.6) is 0 Å². The van der Waals surface area contributed by atoms with Gasteiger partial charge in [-0.15, -0.1) is 0 Å². The molecule has 2 heterocycles. The molecule has 10 heteroatoms. The van der Waals surface area contributed by atoms with Crippen molar-refractivity contribution in [3.8, 4) is 0 Å². The summed E-state index contributed by atoms with van der Waals surface area (Å²) in [5.74, 6) is -3.00.